The molecule has 2 heterocycles. The molecular formula is C35H40N4O6. The van der Waals surface area contributed by atoms with Crippen LogP contribution in [0.5, 0.6) is 0 Å². The largest absolute Gasteiger partial charge is 0.329 e. The third-order valence-corrected chi connectivity index (χ3v) is 7.09. The first-order valence-corrected chi connectivity index (χ1v) is 14.7. The number of carbonyl (C=O) groups is 2. The summed E-state index contributed by atoms with van der Waals surface area (Å²) in [5, 5.41) is 0. The van der Waals surface area contributed by atoms with Gasteiger partial charge in [-0.1, -0.05) is 68.2 Å². The van der Waals surface area contributed by atoms with Crippen LogP contribution in [0.25, 0.3) is 0 Å². The number of rotatable bonds is 8. The molecule has 0 radical (unpaired) electrons. The predicted octanol–water partition coefficient (Wildman–Crippen LogP) is 4.73. The molecule has 0 saturated heterocycles. The number of aromatic nitrogens is 4. The highest BCUT2D eigenvalue weighted by atomic mass is 16.2. The minimum Gasteiger partial charge on any atom is -0.304 e. The Morgan fingerprint density at radius 2 is 1.13 bits per heavy atom. The maximum atomic E-state index is 13.1. The molecule has 0 atom stereocenters. The third-order valence-electron chi connectivity index (χ3n) is 7.09. The zero-order valence-corrected chi connectivity index (χ0v) is 27.0. The first kappa shape index (κ1) is 34.4. The summed E-state index contributed by atoms with van der Waals surface area (Å²) in [6, 6.07) is 11.0. The summed E-state index contributed by atoms with van der Waals surface area (Å²) in [6.07, 6.45) is 1.53. The normalized spacial score (nSPS) is 10.9. The molecule has 0 aliphatic heterocycles. The van der Waals surface area contributed by atoms with Crippen molar-refractivity contribution < 1.29 is 9.59 Å². The van der Waals surface area contributed by atoms with Gasteiger partial charge in [-0.2, -0.15) is 0 Å². The summed E-state index contributed by atoms with van der Waals surface area (Å²) in [7, 11) is 0. The van der Waals surface area contributed by atoms with Crippen LogP contribution in [0.2, 0.25) is 0 Å². The molecule has 4 rings (SSSR count). The fourth-order valence-corrected chi connectivity index (χ4v) is 5.39. The van der Waals surface area contributed by atoms with Gasteiger partial charge in [0.1, 0.15) is 5.69 Å². The molecule has 0 bridgehead atoms. The lowest BCUT2D eigenvalue weighted by atomic mass is 9.95. The Labute approximate surface area is 260 Å². The number of H-pyrrole nitrogens is 3. The van der Waals surface area contributed by atoms with Gasteiger partial charge in [0.15, 0.2) is 0 Å². The average Bonchev–Trinajstić information content (AvgIpc) is 2.91. The summed E-state index contributed by atoms with van der Waals surface area (Å²) in [4.78, 5) is 80.6. The second kappa shape index (κ2) is 14.1. The SMILES string of the molecule is C=CCn1c(C(=O)c2cc(C)cc(C)c2)c(C(C)C)c(=O)[nH]c1=O.Cc1cc(C)cc(C(=O)c2[nH]c(=O)[nH]c(=O)c2C(C)C)c1. The van der Waals surface area contributed by atoms with E-state index in [1.165, 1.54) is 10.6 Å². The molecule has 0 fully saturated rings. The minimum absolute atomic E-state index is 0.0729. The van der Waals surface area contributed by atoms with Gasteiger partial charge in [-0.05, 0) is 63.8 Å². The minimum atomic E-state index is -0.669. The number of aromatic amines is 3. The summed E-state index contributed by atoms with van der Waals surface area (Å²) < 4.78 is 1.28. The number of allylic oxidation sites excluding steroid dienone is 1. The maximum absolute atomic E-state index is 13.1. The molecule has 236 valence electrons. The Morgan fingerprint density at radius 1 is 0.689 bits per heavy atom. The first-order chi connectivity index (χ1) is 21.0. The molecule has 0 amide bonds. The van der Waals surface area contributed by atoms with E-state index in [0.29, 0.717) is 22.3 Å². The van der Waals surface area contributed by atoms with Gasteiger partial charge in [0, 0.05) is 28.8 Å². The summed E-state index contributed by atoms with van der Waals surface area (Å²) in [6.45, 7) is 18.7. The van der Waals surface area contributed by atoms with Crippen LogP contribution < -0.4 is 22.5 Å². The van der Waals surface area contributed by atoms with E-state index in [9.17, 15) is 28.8 Å². The molecule has 0 spiro atoms. The molecular weight excluding hydrogens is 572 g/mol. The Bertz CT molecular complexity index is 1980. The Balaban J connectivity index is 0.000000248. The second-order valence-corrected chi connectivity index (χ2v) is 11.8. The number of aryl methyl sites for hydroxylation is 4. The van der Waals surface area contributed by atoms with Crippen molar-refractivity contribution in [2.24, 2.45) is 0 Å². The van der Waals surface area contributed by atoms with Gasteiger partial charge >= 0.3 is 11.4 Å². The van der Waals surface area contributed by atoms with Gasteiger partial charge in [0.05, 0.1) is 5.69 Å². The van der Waals surface area contributed by atoms with Crippen molar-refractivity contribution in [3.8, 4) is 0 Å². The molecule has 0 aliphatic carbocycles. The van der Waals surface area contributed by atoms with E-state index in [4.69, 9.17) is 0 Å². The number of benzene rings is 2. The Hall–Kier alpha value is -5.12. The molecule has 0 saturated carbocycles. The highest BCUT2D eigenvalue weighted by molar-refractivity contribution is 6.09. The van der Waals surface area contributed by atoms with Crippen LogP contribution in [0.3, 0.4) is 0 Å². The monoisotopic (exact) mass is 612 g/mol. The standard InChI is InChI=1S/C19H22N2O3.C16H18N2O3/c1-6-7-21-16(15(11(2)3)18(23)20-19(21)24)17(22)14-9-12(4)8-13(5)10-14;1-8(2)12-13(17-16(21)18-15(12)20)14(19)11-6-9(3)5-10(4)7-11/h6,8-11H,1,7H2,2-5H3,(H,20,23,24);5-8H,1-4H3,(H2,17,18,20,21). The molecule has 10 nitrogen and oxygen atoms in total. The molecule has 2 aromatic carbocycles. The van der Waals surface area contributed by atoms with E-state index < -0.39 is 22.5 Å². The molecule has 45 heavy (non-hydrogen) atoms. The maximum Gasteiger partial charge on any atom is 0.329 e. The number of nitrogens with zero attached hydrogens (tertiary/aromatic N) is 1. The zero-order valence-electron chi connectivity index (χ0n) is 27.0. The van der Waals surface area contributed by atoms with E-state index in [2.05, 4.69) is 21.5 Å². The van der Waals surface area contributed by atoms with Gasteiger partial charge in [0.25, 0.3) is 11.1 Å². The van der Waals surface area contributed by atoms with Crippen molar-refractivity contribution >= 4 is 11.6 Å². The molecule has 10 heteroatoms. The summed E-state index contributed by atoms with van der Waals surface area (Å²) in [5.74, 6) is -1.03. The number of hydrogen-bond acceptors (Lipinski definition) is 6. The Kier molecular flexibility index (Phi) is 10.8. The highest BCUT2D eigenvalue weighted by Gasteiger charge is 2.24. The quantitative estimate of drug-likeness (QED) is 0.193. The van der Waals surface area contributed by atoms with Crippen LogP contribution in [-0.2, 0) is 6.54 Å². The van der Waals surface area contributed by atoms with Gasteiger partial charge < -0.3 is 4.98 Å². The van der Waals surface area contributed by atoms with Crippen LogP contribution >= 0.6 is 0 Å². The van der Waals surface area contributed by atoms with E-state index in [1.807, 2.05) is 53.7 Å². The van der Waals surface area contributed by atoms with Crippen molar-refractivity contribution in [3.05, 3.63) is 147 Å². The van der Waals surface area contributed by atoms with Crippen LogP contribution in [0, 0.1) is 27.7 Å². The lowest BCUT2D eigenvalue weighted by Crippen LogP contribution is -2.37. The second-order valence-electron chi connectivity index (χ2n) is 11.8. The number of nitrogens with one attached hydrogen (secondary N) is 3. The highest BCUT2D eigenvalue weighted by Crippen LogP contribution is 2.20. The van der Waals surface area contributed by atoms with Gasteiger partial charge in [0.2, 0.25) is 11.6 Å². The average molecular weight is 613 g/mol. The van der Waals surface area contributed by atoms with Crippen molar-refractivity contribution in [2.75, 3.05) is 0 Å². The van der Waals surface area contributed by atoms with Gasteiger partial charge in [-0.25, -0.2) is 9.59 Å². The van der Waals surface area contributed by atoms with Crippen molar-refractivity contribution in [1.82, 2.24) is 19.5 Å². The van der Waals surface area contributed by atoms with E-state index in [-0.39, 0.29) is 41.3 Å². The predicted molar refractivity (Wildman–Crippen MR) is 176 cm³/mol. The van der Waals surface area contributed by atoms with Crippen LogP contribution in [0.15, 0.2) is 68.2 Å². The van der Waals surface area contributed by atoms with E-state index in [1.54, 1.807) is 38.1 Å². The van der Waals surface area contributed by atoms with E-state index in [0.717, 1.165) is 22.3 Å². The lowest BCUT2D eigenvalue weighted by molar-refractivity contribution is 0.102. The van der Waals surface area contributed by atoms with E-state index >= 15 is 0 Å². The number of hydrogen-bond donors (Lipinski definition) is 3. The number of carbonyl (C=O) groups excluding carboxylic acids is 2. The van der Waals surface area contributed by atoms with Crippen molar-refractivity contribution in [3.63, 3.8) is 0 Å². The molecule has 2 aromatic heterocycles. The fourth-order valence-electron chi connectivity index (χ4n) is 5.39. The smallest absolute Gasteiger partial charge is 0.304 e. The van der Waals surface area contributed by atoms with Gasteiger partial charge in [-0.15, -0.1) is 6.58 Å². The van der Waals surface area contributed by atoms with Gasteiger partial charge in [-0.3, -0.25) is 33.7 Å². The zero-order chi connectivity index (χ0) is 33.7. The molecule has 4 aromatic rings. The summed E-state index contributed by atoms with van der Waals surface area (Å²) in [5.41, 5.74) is 3.30. The van der Waals surface area contributed by atoms with Crippen LogP contribution in [0.1, 0.15) is 105 Å². The Morgan fingerprint density at radius 3 is 1.58 bits per heavy atom. The topological polar surface area (TPSA) is 155 Å². The van der Waals surface area contributed by atoms with Crippen LogP contribution in [-0.4, -0.2) is 31.1 Å². The molecule has 0 aliphatic rings. The third kappa shape index (κ3) is 7.89. The summed E-state index contributed by atoms with van der Waals surface area (Å²) >= 11 is 0. The lowest BCUT2D eigenvalue weighted by Gasteiger charge is -2.16. The number of ketones is 2. The van der Waals surface area contributed by atoms with Crippen molar-refractivity contribution in [1.29, 1.82) is 0 Å². The first-order valence-electron chi connectivity index (χ1n) is 14.7. The molecule has 3 N–H and O–H groups in total. The fraction of sp³-hybridized carbons (Fsp3) is 0.314. The van der Waals surface area contributed by atoms with Crippen LogP contribution in [0.4, 0.5) is 0 Å². The van der Waals surface area contributed by atoms with Crippen molar-refractivity contribution in [2.45, 2.75) is 73.8 Å². The molecule has 0 unspecified atom stereocenters.